The average Bonchev–Trinajstić information content (AvgIpc) is 2.47. The van der Waals surface area contributed by atoms with Crippen LogP contribution < -0.4 is 5.43 Å². The summed E-state index contributed by atoms with van der Waals surface area (Å²) in [5, 5.41) is 9.79. The maximum atomic E-state index is 12.0. The number of aliphatic hydroxyl groups excluding tert-OH is 1. The number of H-pyrrole nitrogens is 1. The van der Waals surface area contributed by atoms with Gasteiger partial charge in [-0.2, -0.15) is 0 Å². The molecule has 0 aliphatic rings. The van der Waals surface area contributed by atoms with Gasteiger partial charge in [-0.1, -0.05) is 36.4 Å². The number of aryl methyl sites for hydroxylation is 1. The molecular formula is C17H15NO2. The molecule has 3 heteroatoms. The predicted molar refractivity (Wildman–Crippen MR) is 80.7 cm³/mol. The van der Waals surface area contributed by atoms with Crippen LogP contribution in [0.25, 0.3) is 22.0 Å². The van der Waals surface area contributed by atoms with Gasteiger partial charge >= 0.3 is 0 Å². The number of nitrogens with one attached hydrogen (secondary N) is 1. The normalized spacial score (nSPS) is 10.9. The molecule has 100 valence electrons. The zero-order valence-corrected chi connectivity index (χ0v) is 11.2. The first-order chi connectivity index (χ1) is 9.69. The number of hydrogen-bond acceptors (Lipinski definition) is 2. The van der Waals surface area contributed by atoms with E-state index in [0.29, 0.717) is 5.39 Å². The number of aliphatic hydroxyl groups is 1. The molecule has 0 bridgehead atoms. The van der Waals surface area contributed by atoms with Crippen LogP contribution in [0.1, 0.15) is 11.3 Å². The van der Waals surface area contributed by atoms with Crippen molar-refractivity contribution in [3.05, 3.63) is 70.0 Å². The van der Waals surface area contributed by atoms with Crippen molar-refractivity contribution >= 4 is 10.9 Å². The molecule has 0 aliphatic carbocycles. The number of rotatable bonds is 2. The van der Waals surface area contributed by atoms with E-state index in [1.54, 1.807) is 6.07 Å². The van der Waals surface area contributed by atoms with Crippen molar-refractivity contribution in [3.8, 4) is 11.1 Å². The Morgan fingerprint density at radius 3 is 2.55 bits per heavy atom. The van der Waals surface area contributed by atoms with Crippen molar-refractivity contribution in [1.82, 2.24) is 4.98 Å². The number of hydrogen-bond donors (Lipinski definition) is 2. The number of aromatic nitrogens is 1. The Morgan fingerprint density at radius 2 is 1.85 bits per heavy atom. The molecule has 0 spiro atoms. The Kier molecular flexibility index (Phi) is 3.12. The van der Waals surface area contributed by atoms with Gasteiger partial charge in [0.15, 0.2) is 5.43 Å². The molecule has 0 amide bonds. The third kappa shape index (κ3) is 2.12. The van der Waals surface area contributed by atoms with Crippen molar-refractivity contribution in [2.45, 2.75) is 13.5 Å². The third-order valence-electron chi connectivity index (χ3n) is 3.45. The summed E-state index contributed by atoms with van der Waals surface area (Å²) < 4.78 is 0. The number of benzene rings is 2. The largest absolute Gasteiger partial charge is 0.392 e. The second kappa shape index (κ2) is 4.94. The summed E-state index contributed by atoms with van der Waals surface area (Å²) in [4.78, 5) is 15.3. The number of aromatic amines is 1. The summed E-state index contributed by atoms with van der Waals surface area (Å²) in [7, 11) is 0. The molecular weight excluding hydrogens is 250 g/mol. The molecule has 0 saturated carbocycles. The van der Waals surface area contributed by atoms with Crippen LogP contribution >= 0.6 is 0 Å². The quantitative estimate of drug-likeness (QED) is 0.748. The van der Waals surface area contributed by atoms with Crippen LogP contribution in [0, 0.1) is 6.92 Å². The van der Waals surface area contributed by atoms with Gasteiger partial charge in [0, 0.05) is 22.7 Å². The van der Waals surface area contributed by atoms with Gasteiger partial charge in [0.25, 0.3) is 0 Å². The van der Waals surface area contributed by atoms with Crippen LogP contribution in [0.4, 0.5) is 0 Å². The topological polar surface area (TPSA) is 53.1 Å². The predicted octanol–water partition coefficient (Wildman–Crippen LogP) is 3.00. The van der Waals surface area contributed by atoms with E-state index in [9.17, 15) is 4.79 Å². The van der Waals surface area contributed by atoms with E-state index in [0.717, 1.165) is 27.9 Å². The molecule has 0 saturated heterocycles. The highest BCUT2D eigenvalue weighted by Gasteiger charge is 2.07. The van der Waals surface area contributed by atoms with E-state index in [1.807, 2.05) is 49.4 Å². The highest BCUT2D eigenvalue weighted by Crippen LogP contribution is 2.26. The summed E-state index contributed by atoms with van der Waals surface area (Å²) >= 11 is 0. The van der Waals surface area contributed by atoms with E-state index in [2.05, 4.69) is 4.98 Å². The lowest BCUT2D eigenvalue weighted by Gasteiger charge is -2.08. The van der Waals surface area contributed by atoms with Crippen LogP contribution in [0.3, 0.4) is 0 Å². The molecule has 2 N–H and O–H groups in total. The first kappa shape index (κ1) is 12.6. The fourth-order valence-corrected chi connectivity index (χ4v) is 2.43. The number of pyridine rings is 1. The highest BCUT2D eigenvalue weighted by atomic mass is 16.3. The van der Waals surface area contributed by atoms with Gasteiger partial charge < -0.3 is 10.1 Å². The number of para-hydroxylation sites is 1. The maximum Gasteiger partial charge on any atom is 0.189 e. The summed E-state index contributed by atoms with van der Waals surface area (Å²) in [6.07, 6.45) is 0. The van der Waals surface area contributed by atoms with E-state index < -0.39 is 0 Å². The molecule has 0 radical (unpaired) electrons. The van der Waals surface area contributed by atoms with Gasteiger partial charge in [-0.25, -0.2) is 0 Å². The van der Waals surface area contributed by atoms with E-state index in [1.165, 1.54) is 0 Å². The summed E-state index contributed by atoms with van der Waals surface area (Å²) in [5.41, 5.74) is 4.63. The SMILES string of the molecule is Cc1cc(=O)c2cccc(-c3ccc(CO)cc3)c2[nH]1. The van der Waals surface area contributed by atoms with Crippen molar-refractivity contribution in [2.24, 2.45) is 0 Å². The second-order valence-corrected chi connectivity index (χ2v) is 4.90. The molecule has 0 fully saturated rings. The van der Waals surface area contributed by atoms with Crippen molar-refractivity contribution < 1.29 is 5.11 Å². The maximum absolute atomic E-state index is 12.0. The van der Waals surface area contributed by atoms with E-state index in [4.69, 9.17) is 5.11 Å². The van der Waals surface area contributed by atoms with E-state index in [-0.39, 0.29) is 12.0 Å². The van der Waals surface area contributed by atoms with Gasteiger partial charge in [-0.3, -0.25) is 4.79 Å². The monoisotopic (exact) mass is 265 g/mol. The molecule has 1 heterocycles. The Hall–Kier alpha value is -2.39. The van der Waals surface area contributed by atoms with Crippen LogP contribution in [-0.4, -0.2) is 10.1 Å². The van der Waals surface area contributed by atoms with Crippen molar-refractivity contribution in [3.63, 3.8) is 0 Å². The summed E-state index contributed by atoms with van der Waals surface area (Å²) in [6, 6.07) is 15.0. The fourth-order valence-electron chi connectivity index (χ4n) is 2.43. The molecule has 0 atom stereocenters. The molecule has 0 aliphatic heterocycles. The molecule has 3 rings (SSSR count). The lowest BCUT2D eigenvalue weighted by Crippen LogP contribution is -2.03. The lowest BCUT2D eigenvalue weighted by molar-refractivity contribution is 0.282. The molecule has 20 heavy (non-hydrogen) atoms. The number of fused-ring (bicyclic) bond motifs is 1. The fraction of sp³-hybridized carbons (Fsp3) is 0.118. The lowest BCUT2D eigenvalue weighted by atomic mass is 10.0. The third-order valence-corrected chi connectivity index (χ3v) is 3.45. The van der Waals surface area contributed by atoms with Gasteiger partial charge in [-0.05, 0) is 24.1 Å². The minimum atomic E-state index is 0.0325. The average molecular weight is 265 g/mol. The first-order valence-corrected chi connectivity index (χ1v) is 6.52. The Bertz CT molecular complexity index is 817. The Balaban J connectivity index is 2.27. The first-order valence-electron chi connectivity index (χ1n) is 6.52. The smallest absolute Gasteiger partial charge is 0.189 e. The zero-order valence-electron chi connectivity index (χ0n) is 11.2. The Morgan fingerprint density at radius 1 is 1.10 bits per heavy atom. The Labute approximate surface area is 116 Å². The minimum absolute atomic E-state index is 0.0325. The van der Waals surface area contributed by atoms with Crippen LogP contribution in [0.2, 0.25) is 0 Å². The van der Waals surface area contributed by atoms with Crippen LogP contribution in [-0.2, 0) is 6.61 Å². The van der Waals surface area contributed by atoms with Crippen molar-refractivity contribution in [2.75, 3.05) is 0 Å². The zero-order chi connectivity index (χ0) is 14.1. The van der Waals surface area contributed by atoms with Crippen LogP contribution in [0.5, 0.6) is 0 Å². The van der Waals surface area contributed by atoms with Gasteiger partial charge in [0.05, 0.1) is 12.1 Å². The van der Waals surface area contributed by atoms with Crippen LogP contribution in [0.15, 0.2) is 53.3 Å². The standard InChI is InChI=1S/C17H15NO2/c1-11-9-16(20)15-4-2-3-14(17(15)18-11)13-7-5-12(10-19)6-8-13/h2-9,19H,10H2,1H3,(H,18,20). The highest BCUT2D eigenvalue weighted by molar-refractivity contribution is 5.93. The van der Waals surface area contributed by atoms with Gasteiger partial charge in [0.1, 0.15) is 0 Å². The van der Waals surface area contributed by atoms with Gasteiger partial charge in [0.2, 0.25) is 0 Å². The van der Waals surface area contributed by atoms with E-state index >= 15 is 0 Å². The molecule has 1 aromatic heterocycles. The minimum Gasteiger partial charge on any atom is -0.392 e. The molecule has 0 unspecified atom stereocenters. The summed E-state index contributed by atoms with van der Waals surface area (Å²) in [5.74, 6) is 0. The summed E-state index contributed by atoms with van der Waals surface area (Å²) in [6.45, 7) is 1.91. The van der Waals surface area contributed by atoms with Gasteiger partial charge in [-0.15, -0.1) is 0 Å². The molecule has 2 aromatic carbocycles. The second-order valence-electron chi connectivity index (χ2n) is 4.90. The van der Waals surface area contributed by atoms with Crippen molar-refractivity contribution in [1.29, 1.82) is 0 Å². The molecule has 3 nitrogen and oxygen atoms in total. The molecule has 3 aromatic rings.